The topological polar surface area (TPSA) is 60.7 Å². The van der Waals surface area contributed by atoms with Crippen LogP contribution in [0.15, 0.2) is 30.3 Å². The third-order valence-electron chi connectivity index (χ3n) is 4.04. The van der Waals surface area contributed by atoms with Crippen molar-refractivity contribution in [2.75, 3.05) is 0 Å². The van der Waals surface area contributed by atoms with Gasteiger partial charge in [-0.1, -0.05) is 24.3 Å². The Kier molecular flexibility index (Phi) is 3.89. The summed E-state index contributed by atoms with van der Waals surface area (Å²) < 4.78 is 0. The highest BCUT2D eigenvalue weighted by Crippen LogP contribution is 2.36. The van der Waals surface area contributed by atoms with Gasteiger partial charge in [0, 0.05) is 0 Å². The van der Waals surface area contributed by atoms with Crippen LogP contribution in [0.2, 0.25) is 0 Å². The minimum Gasteiger partial charge on any atom is -0.386 e. The summed E-state index contributed by atoms with van der Waals surface area (Å²) in [5.41, 5.74) is -0.588. The molecule has 2 aromatic rings. The van der Waals surface area contributed by atoms with Crippen LogP contribution >= 0.6 is 0 Å². The summed E-state index contributed by atoms with van der Waals surface area (Å²) in [5.74, 6) is 0. The third kappa shape index (κ3) is 3.17. The van der Waals surface area contributed by atoms with Gasteiger partial charge in [-0.2, -0.15) is 0 Å². The zero-order valence-electron chi connectivity index (χ0n) is 14.2. The van der Waals surface area contributed by atoms with Crippen molar-refractivity contribution in [1.29, 1.82) is 0 Å². The van der Waals surface area contributed by atoms with E-state index in [1.165, 1.54) is 0 Å². The summed E-state index contributed by atoms with van der Waals surface area (Å²) in [4.78, 5) is 0. The van der Waals surface area contributed by atoms with Gasteiger partial charge < -0.3 is 15.3 Å². The van der Waals surface area contributed by atoms with Gasteiger partial charge in [0.2, 0.25) is 0 Å². The van der Waals surface area contributed by atoms with Crippen molar-refractivity contribution in [1.82, 2.24) is 0 Å². The lowest BCUT2D eigenvalue weighted by atomic mass is 9.84. The Morgan fingerprint density at radius 3 is 1.45 bits per heavy atom. The second-order valence-electron chi connectivity index (χ2n) is 7.60. The largest absolute Gasteiger partial charge is 0.386 e. The number of fused-ring (bicyclic) bond motifs is 1. The molecular formula is C19H26O3. The standard InChI is InChI=1S/C19H26O3/c1-17(2,20)12-7-8-13-14(11-12)16(19(5,6)22)10-9-15(13)18(3,4)21/h7-11,20-22H,1-6H3. The van der Waals surface area contributed by atoms with Crippen LogP contribution in [0.25, 0.3) is 10.8 Å². The lowest BCUT2D eigenvalue weighted by Crippen LogP contribution is -2.21. The molecule has 3 N–H and O–H groups in total. The van der Waals surface area contributed by atoms with Crippen molar-refractivity contribution >= 4 is 10.8 Å². The minimum atomic E-state index is -1.01. The fourth-order valence-electron chi connectivity index (χ4n) is 2.80. The molecule has 120 valence electrons. The molecule has 0 radical (unpaired) electrons. The Morgan fingerprint density at radius 2 is 1.05 bits per heavy atom. The van der Waals surface area contributed by atoms with Crippen LogP contribution in [0.1, 0.15) is 58.2 Å². The molecule has 0 saturated heterocycles. The summed E-state index contributed by atoms with van der Waals surface area (Å²) in [5, 5.41) is 32.8. The first kappa shape index (κ1) is 16.9. The molecule has 0 atom stereocenters. The van der Waals surface area contributed by atoms with E-state index in [-0.39, 0.29) is 0 Å². The van der Waals surface area contributed by atoms with Crippen molar-refractivity contribution in [3.8, 4) is 0 Å². The smallest absolute Gasteiger partial charge is 0.0846 e. The fourth-order valence-corrected chi connectivity index (χ4v) is 2.80. The number of aliphatic hydroxyl groups is 3. The summed E-state index contributed by atoms with van der Waals surface area (Å²) in [6.45, 7) is 10.4. The van der Waals surface area contributed by atoms with Crippen LogP contribution in [0, 0.1) is 0 Å². The van der Waals surface area contributed by atoms with Crippen molar-refractivity contribution in [2.45, 2.75) is 58.3 Å². The van der Waals surface area contributed by atoms with Crippen LogP contribution in [0.4, 0.5) is 0 Å². The Hall–Kier alpha value is -1.42. The first-order chi connectivity index (χ1) is 9.82. The molecule has 3 heteroatoms. The Labute approximate surface area is 132 Å². The first-order valence-corrected chi connectivity index (χ1v) is 7.57. The van der Waals surface area contributed by atoms with Gasteiger partial charge in [-0.3, -0.25) is 0 Å². The SMILES string of the molecule is CC(C)(O)c1ccc2c(C(C)(C)O)ccc(C(C)(C)O)c2c1. The quantitative estimate of drug-likeness (QED) is 0.813. The molecule has 2 aromatic carbocycles. The maximum atomic E-state index is 10.4. The predicted octanol–water partition coefficient (Wildman–Crippen LogP) is 3.52. The highest BCUT2D eigenvalue weighted by atomic mass is 16.3. The zero-order valence-corrected chi connectivity index (χ0v) is 14.2. The molecule has 0 bridgehead atoms. The van der Waals surface area contributed by atoms with E-state index in [1.54, 1.807) is 41.5 Å². The predicted molar refractivity (Wildman–Crippen MR) is 89.7 cm³/mol. The number of hydrogen-bond donors (Lipinski definition) is 3. The Bertz CT molecular complexity index is 695. The summed E-state index contributed by atoms with van der Waals surface area (Å²) in [7, 11) is 0. The molecule has 22 heavy (non-hydrogen) atoms. The van der Waals surface area contributed by atoms with E-state index >= 15 is 0 Å². The van der Waals surface area contributed by atoms with Crippen LogP contribution in [-0.4, -0.2) is 15.3 Å². The average molecular weight is 302 g/mol. The molecule has 0 amide bonds. The Morgan fingerprint density at radius 1 is 0.591 bits per heavy atom. The monoisotopic (exact) mass is 302 g/mol. The van der Waals surface area contributed by atoms with Crippen molar-refractivity contribution in [3.05, 3.63) is 47.0 Å². The van der Waals surface area contributed by atoms with E-state index in [1.807, 2.05) is 30.3 Å². The van der Waals surface area contributed by atoms with Gasteiger partial charge in [0.25, 0.3) is 0 Å². The van der Waals surface area contributed by atoms with E-state index < -0.39 is 16.8 Å². The molecule has 0 unspecified atom stereocenters. The maximum Gasteiger partial charge on any atom is 0.0846 e. The lowest BCUT2D eigenvalue weighted by Gasteiger charge is -2.27. The van der Waals surface area contributed by atoms with E-state index in [4.69, 9.17) is 0 Å². The van der Waals surface area contributed by atoms with Gasteiger partial charge in [0.05, 0.1) is 16.8 Å². The van der Waals surface area contributed by atoms with Gasteiger partial charge in [-0.15, -0.1) is 0 Å². The van der Waals surface area contributed by atoms with E-state index in [0.29, 0.717) is 0 Å². The molecule has 0 heterocycles. The van der Waals surface area contributed by atoms with Gasteiger partial charge in [0.1, 0.15) is 0 Å². The summed E-state index contributed by atoms with van der Waals surface area (Å²) >= 11 is 0. The minimum absolute atomic E-state index is 0.776. The number of benzene rings is 2. The molecule has 0 aliphatic rings. The second kappa shape index (κ2) is 5.05. The molecule has 0 aliphatic carbocycles. The molecule has 0 aromatic heterocycles. The molecule has 0 spiro atoms. The Balaban J connectivity index is 2.89. The zero-order chi connectivity index (χ0) is 16.9. The van der Waals surface area contributed by atoms with Gasteiger partial charge in [-0.05, 0) is 75.1 Å². The lowest BCUT2D eigenvalue weighted by molar-refractivity contribution is 0.0758. The van der Waals surface area contributed by atoms with Gasteiger partial charge >= 0.3 is 0 Å². The van der Waals surface area contributed by atoms with Crippen molar-refractivity contribution in [3.63, 3.8) is 0 Å². The molecule has 0 saturated carbocycles. The molecule has 0 fully saturated rings. The number of rotatable bonds is 3. The fraction of sp³-hybridized carbons (Fsp3) is 0.474. The molecule has 3 nitrogen and oxygen atoms in total. The molecule has 2 rings (SSSR count). The van der Waals surface area contributed by atoms with E-state index in [2.05, 4.69) is 0 Å². The van der Waals surface area contributed by atoms with Gasteiger partial charge in [-0.25, -0.2) is 0 Å². The first-order valence-electron chi connectivity index (χ1n) is 7.57. The summed E-state index contributed by atoms with van der Waals surface area (Å²) in [6, 6.07) is 9.39. The van der Waals surface area contributed by atoms with E-state index in [0.717, 1.165) is 27.5 Å². The summed E-state index contributed by atoms with van der Waals surface area (Å²) in [6.07, 6.45) is 0. The van der Waals surface area contributed by atoms with E-state index in [9.17, 15) is 15.3 Å². The maximum absolute atomic E-state index is 10.4. The number of hydrogen-bond acceptors (Lipinski definition) is 3. The van der Waals surface area contributed by atoms with Crippen LogP contribution in [0.5, 0.6) is 0 Å². The third-order valence-corrected chi connectivity index (χ3v) is 4.04. The molecule has 0 aliphatic heterocycles. The average Bonchev–Trinajstić information content (AvgIpc) is 2.33. The highest BCUT2D eigenvalue weighted by molar-refractivity contribution is 5.90. The van der Waals surface area contributed by atoms with Crippen molar-refractivity contribution < 1.29 is 15.3 Å². The highest BCUT2D eigenvalue weighted by Gasteiger charge is 2.26. The van der Waals surface area contributed by atoms with Crippen molar-refractivity contribution in [2.24, 2.45) is 0 Å². The normalized spacial score (nSPS) is 13.7. The second-order valence-corrected chi connectivity index (χ2v) is 7.60. The van der Waals surface area contributed by atoms with Crippen LogP contribution < -0.4 is 0 Å². The molecular weight excluding hydrogens is 276 g/mol. The van der Waals surface area contributed by atoms with Crippen LogP contribution in [0.3, 0.4) is 0 Å². The van der Waals surface area contributed by atoms with Gasteiger partial charge in [0.15, 0.2) is 0 Å². The van der Waals surface area contributed by atoms with Crippen LogP contribution in [-0.2, 0) is 16.8 Å².